The zero-order valence-electron chi connectivity index (χ0n) is 19.0. The van der Waals surface area contributed by atoms with Crippen molar-refractivity contribution in [1.29, 1.82) is 0 Å². The highest BCUT2D eigenvalue weighted by Crippen LogP contribution is 2.08. The number of quaternary nitrogens is 1. The van der Waals surface area contributed by atoms with Gasteiger partial charge in [0.15, 0.2) is 0 Å². The molecule has 0 aromatic heterocycles. The van der Waals surface area contributed by atoms with Crippen molar-refractivity contribution in [2.45, 2.75) is 0 Å². The van der Waals surface area contributed by atoms with E-state index < -0.39 is 0 Å². The van der Waals surface area contributed by atoms with Crippen LogP contribution in [0, 0.1) is 0 Å². The summed E-state index contributed by atoms with van der Waals surface area (Å²) in [7, 11) is 6.71. The summed E-state index contributed by atoms with van der Waals surface area (Å²) in [6, 6.07) is 0. The van der Waals surface area contributed by atoms with Gasteiger partial charge in [-0.1, -0.05) is 0 Å². The molecule has 0 bridgehead atoms. The molecule has 176 valence electrons. The number of rotatable bonds is 24. The predicted molar refractivity (Wildman–Crippen MR) is 111 cm³/mol. The Morgan fingerprint density at radius 2 is 0.586 bits per heavy atom. The van der Waals surface area contributed by atoms with Gasteiger partial charge in [0.25, 0.3) is 0 Å². The SMILES string of the molecule is COCCOCC[N+](CCOCCOC)(CCOCCOC)CCOCCOC. The summed E-state index contributed by atoms with van der Waals surface area (Å²) in [5.41, 5.74) is 0. The zero-order chi connectivity index (χ0) is 21.5. The van der Waals surface area contributed by atoms with Gasteiger partial charge < -0.3 is 42.4 Å². The van der Waals surface area contributed by atoms with E-state index >= 15 is 0 Å². The molecule has 0 unspecified atom stereocenters. The van der Waals surface area contributed by atoms with Crippen LogP contribution in [0.15, 0.2) is 0 Å². The molecule has 0 aliphatic rings. The van der Waals surface area contributed by atoms with E-state index in [0.717, 1.165) is 30.7 Å². The Bertz CT molecular complexity index is 261. The van der Waals surface area contributed by atoms with Crippen molar-refractivity contribution in [3.63, 3.8) is 0 Å². The molecule has 0 fully saturated rings. The Morgan fingerprint density at radius 3 is 0.793 bits per heavy atom. The highest BCUT2D eigenvalue weighted by molar-refractivity contribution is 4.49. The number of methoxy groups -OCH3 is 4. The van der Waals surface area contributed by atoms with E-state index in [9.17, 15) is 0 Å². The van der Waals surface area contributed by atoms with Crippen LogP contribution in [0.4, 0.5) is 0 Å². The van der Waals surface area contributed by atoms with Gasteiger partial charge in [0.05, 0.1) is 79.3 Å². The third-order valence-electron chi connectivity index (χ3n) is 4.57. The Hall–Kier alpha value is -0.360. The maximum atomic E-state index is 5.74. The first kappa shape index (κ1) is 28.6. The quantitative estimate of drug-likeness (QED) is 0.163. The monoisotopic (exact) mass is 426 g/mol. The summed E-state index contributed by atoms with van der Waals surface area (Å²) in [6.07, 6.45) is 0. The third kappa shape index (κ3) is 18.2. The fraction of sp³-hybridized carbons (Fsp3) is 1.00. The first-order valence-electron chi connectivity index (χ1n) is 10.4. The summed E-state index contributed by atoms with van der Waals surface area (Å²) < 4.78 is 44.0. The Labute approximate surface area is 177 Å². The molecule has 0 heterocycles. The maximum absolute atomic E-state index is 5.74. The largest absolute Gasteiger partial charge is 0.382 e. The molecule has 0 radical (unpaired) electrons. The fourth-order valence-electron chi connectivity index (χ4n) is 2.68. The minimum absolute atomic E-state index is 0.593. The molecule has 0 saturated heterocycles. The van der Waals surface area contributed by atoms with Crippen molar-refractivity contribution < 1.29 is 42.4 Å². The minimum atomic E-state index is 0.593. The molecule has 0 aromatic carbocycles. The summed E-state index contributed by atoms with van der Waals surface area (Å²) in [4.78, 5) is 0. The first-order chi connectivity index (χ1) is 14.2. The molecule has 0 atom stereocenters. The van der Waals surface area contributed by atoms with Crippen LogP contribution in [-0.4, -0.2) is 138 Å². The van der Waals surface area contributed by atoms with Crippen LogP contribution in [0.25, 0.3) is 0 Å². The van der Waals surface area contributed by atoms with E-state index in [4.69, 9.17) is 37.9 Å². The predicted octanol–water partition coefficient (Wildman–Crippen LogP) is 0.455. The summed E-state index contributed by atoms with van der Waals surface area (Å²) in [6.45, 7) is 10.8. The summed E-state index contributed by atoms with van der Waals surface area (Å²) in [5.74, 6) is 0. The lowest BCUT2D eigenvalue weighted by atomic mass is 10.3. The average molecular weight is 427 g/mol. The molecule has 0 saturated carbocycles. The molecular weight excluding hydrogens is 382 g/mol. The van der Waals surface area contributed by atoms with Crippen molar-refractivity contribution >= 4 is 0 Å². The fourth-order valence-corrected chi connectivity index (χ4v) is 2.68. The molecule has 9 heteroatoms. The van der Waals surface area contributed by atoms with Crippen molar-refractivity contribution in [2.24, 2.45) is 0 Å². The third-order valence-corrected chi connectivity index (χ3v) is 4.57. The van der Waals surface area contributed by atoms with Gasteiger partial charge in [-0.15, -0.1) is 0 Å². The average Bonchev–Trinajstić information content (AvgIpc) is 2.73. The molecule has 0 amide bonds. The van der Waals surface area contributed by atoms with Crippen LogP contribution in [0.2, 0.25) is 0 Å². The van der Waals surface area contributed by atoms with E-state index in [1.54, 1.807) is 28.4 Å². The molecular formula is C20H44NO8+. The Morgan fingerprint density at radius 1 is 0.345 bits per heavy atom. The zero-order valence-corrected chi connectivity index (χ0v) is 19.0. The van der Waals surface area contributed by atoms with Gasteiger partial charge in [-0.05, 0) is 0 Å². The molecule has 0 aliphatic heterocycles. The molecule has 0 rings (SSSR count). The van der Waals surface area contributed by atoms with Gasteiger partial charge in [-0.25, -0.2) is 0 Å². The number of nitrogens with zero attached hydrogens (tertiary/aromatic N) is 1. The van der Waals surface area contributed by atoms with Crippen molar-refractivity contribution in [1.82, 2.24) is 0 Å². The smallest absolute Gasteiger partial charge is 0.103 e. The lowest BCUT2D eigenvalue weighted by Crippen LogP contribution is -2.55. The van der Waals surface area contributed by atoms with Gasteiger partial charge in [0.2, 0.25) is 0 Å². The molecule has 0 N–H and O–H groups in total. The maximum Gasteiger partial charge on any atom is 0.103 e. The minimum Gasteiger partial charge on any atom is -0.382 e. The van der Waals surface area contributed by atoms with E-state index in [-0.39, 0.29) is 0 Å². The Kier molecular flexibility index (Phi) is 22.1. The highest BCUT2D eigenvalue weighted by Gasteiger charge is 2.27. The number of ether oxygens (including phenoxy) is 8. The Balaban J connectivity index is 4.69. The van der Waals surface area contributed by atoms with Crippen LogP contribution in [0.1, 0.15) is 0 Å². The van der Waals surface area contributed by atoms with Gasteiger partial charge in [0.1, 0.15) is 26.2 Å². The van der Waals surface area contributed by atoms with Gasteiger partial charge in [-0.2, -0.15) is 0 Å². The second kappa shape index (κ2) is 22.3. The van der Waals surface area contributed by atoms with E-state index in [0.29, 0.717) is 79.3 Å². The van der Waals surface area contributed by atoms with Gasteiger partial charge in [0, 0.05) is 28.4 Å². The topological polar surface area (TPSA) is 73.8 Å². The van der Waals surface area contributed by atoms with Crippen molar-refractivity contribution in [2.75, 3.05) is 134 Å². The highest BCUT2D eigenvalue weighted by atomic mass is 16.5. The van der Waals surface area contributed by atoms with Crippen molar-refractivity contribution in [3.8, 4) is 0 Å². The van der Waals surface area contributed by atoms with Crippen LogP contribution in [0.3, 0.4) is 0 Å². The van der Waals surface area contributed by atoms with Crippen molar-refractivity contribution in [3.05, 3.63) is 0 Å². The van der Waals surface area contributed by atoms with Crippen LogP contribution in [0.5, 0.6) is 0 Å². The summed E-state index contributed by atoms with van der Waals surface area (Å²) in [5, 5.41) is 0. The molecule has 0 aromatic rings. The second-order valence-electron chi connectivity index (χ2n) is 6.66. The molecule has 0 aliphatic carbocycles. The standard InChI is InChI=1S/C20H44NO8/c1-22-13-17-26-9-5-21(6-10-27-18-14-23-2,7-11-28-19-15-24-3)8-12-29-20-16-25-4/h5-20H2,1-4H3/q+1. The normalized spacial score (nSPS) is 12.0. The van der Waals surface area contributed by atoms with E-state index in [1.165, 1.54) is 0 Å². The van der Waals surface area contributed by atoms with Crippen LogP contribution < -0.4 is 0 Å². The van der Waals surface area contributed by atoms with Gasteiger partial charge in [-0.3, -0.25) is 0 Å². The van der Waals surface area contributed by atoms with Gasteiger partial charge >= 0.3 is 0 Å². The molecule has 29 heavy (non-hydrogen) atoms. The first-order valence-corrected chi connectivity index (χ1v) is 10.4. The number of hydrogen-bond donors (Lipinski definition) is 0. The number of hydrogen-bond acceptors (Lipinski definition) is 8. The van der Waals surface area contributed by atoms with Crippen LogP contribution in [-0.2, 0) is 37.9 Å². The second-order valence-corrected chi connectivity index (χ2v) is 6.66. The molecule has 0 spiro atoms. The lowest BCUT2D eigenvalue weighted by Gasteiger charge is -2.38. The van der Waals surface area contributed by atoms with E-state index in [1.807, 2.05) is 0 Å². The lowest BCUT2D eigenvalue weighted by molar-refractivity contribution is -0.929. The summed E-state index contributed by atoms with van der Waals surface area (Å²) >= 11 is 0. The van der Waals surface area contributed by atoms with E-state index in [2.05, 4.69) is 0 Å². The molecule has 9 nitrogen and oxygen atoms in total. The van der Waals surface area contributed by atoms with Crippen LogP contribution >= 0.6 is 0 Å².